The average molecular weight is 733 g/mol. The molecule has 3 fully saturated rings. The third kappa shape index (κ3) is 10.0. The number of nitrogens with zero attached hydrogens (tertiary/aromatic N) is 2. The second-order valence-corrected chi connectivity index (χ2v) is 17.4. The molecular weight excluding hydrogens is 660 g/mol. The van der Waals surface area contributed by atoms with Crippen molar-refractivity contribution in [2.45, 2.75) is 179 Å². The number of aliphatic hydroxyl groups is 5. The van der Waals surface area contributed by atoms with E-state index in [0.717, 1.165) is 0 Å². The molecule has 0 saturated carbocycles. The van der Waals surface area contributed by atoms with Crippen molar-refractivity contribution in [1.29, 1.82) is 0 Å². The highest BCUT2D eigenvalue weighted by Gasteiger charge is 2.52. The summed E-state index contributed by atoms with van der Waals surface area (Å²) in [5.74, 6) is -2.51. The fraction of sp³-hybridized carbons (Fsp3) is 0.974. The molecule has 3 aliphatic rings. The van der Waals surface area contributed by atoms with Crippen LogP contribution in [0.2, 0.25) is 0 Å². The Labute approximate surface area is 306 Å². The lowest BCUT2D eigenvalue weighted by atomic mass is 9.70. The molecule has 51 heavy (non-hydrogen) atoms. The van der Waals surface area contributed by atoms with Crippen LogP contribution in [0.15, 0.2) is 0 Å². The third-order valence-electron chi connectivity index (χ3n) is 12.7. The molecule has 1 unspecified atom stereocenters. The second kappa shape index (κ2) is 17.2. The number of esters is 1. The van der Waals surface area contributed by atoms with Gasteiger partial charge in [-0.3, -0.25) is 4.79 Å². The summed E-state index contributed by atoms with van der Waals surface area (Å²) in [6.45, 7) is 18.4. The number of aliphatic hydroxyl groups excluding tert-OH is 3. The van der Waals surface area contributed by atoms with E-state index in [2.05, 4.69) is 0 Å². The van der Waals surface area contributed by atoms with Crippen molar-refractivity contribution >= 4 is 5.97 Å². The molecule has 3 heterocycles. The zero-order valence-corrected chi connectivity index (χ0v) is 33.8. The summed E-state index contributed by atoms with van der Waals surface area (Å²) >= 11 is 0. The quantitative estimate of drug-likeness (QED) is 0.252. The summed E-state index contributed by atoms with van der Waals surface area (Å²) < 4.78 is 31.1. The van der Waals surface area contributed by atoms with Gasteiger partial charge in [0.05, 0.1) is 41.5 Å². The van der Waals surface area contributed by atoms with Crippen LogP contribution < -0.4 is 0 Å². The lowest BCUT2D eigenvalue weighted by Crippen LogP contribution is -2.59. The van der Waals surface area contributed by atoms with Gasteiger partial charge in [-0.15, -0.1) is 0 Å². The topological polar surface area (TPSA) is 171 Å². The molecule has 3 rings (SSSR count). The van der Waals surface area contributed by atoms with Crippen molar-refractivity contribution in [2.24, 2.45) is 23.7 Å². The smallest absolute Gasteiger partial charge is 0.309 e. The number of cyclic esters (lactones) is 1. The molecule has 3 saturated heterocycles. The molecule has 13 nitrogen and oxygen atoms in total. The van der Waals surface area contributed by atoms with Gasteiger partial charge in [0.25, 0.3) is 0 Å². The van der Waals surface area contributed by atoms with Crippen LogP contribution in [-0.4, -0.2) is 160 Å². The molecule has 300 valence electrons. The first-order valence-corrected chi connectivity index (χ1v) is 18.9. The van der Waals surface area contributed by atoms with Crippen molar-refractivity contribution in [3.8, 4) is 0 Å². The maximum atomic E-state index is 14.1. The van der Waals surface area contributed by atoms with Crippen molar-refractivity contribution < 1.29 is 54.0 Å². The maximum absolute atomic E-state index is 14.1. The highest BCUT2D eigenvalue weighted by Crippen LogP contribution is 2.43. The van der Waals surface area contributed by atoms with Crippen LogP contribution in [0, 0.1) is 23.7 Å². The lowest BCUT2D eigenvalue weighted by molar-refractivity contribution is -0.298. The van der Waals surface area contributed by atoms with E-state index in [1.165, 1.54) is 6.92 Å². The zero-order valence-electron chi connectivity index (χ0n) is 33.8. The molecule has 0 amide bonds. The standard InChI is InChI=1S/C38H72N2O11/c1-20-17-36(8,45)33(51-35-30(41)29(39(11)12)15-21(2)48-35)22(3)28(16-27-18-37(9,47-14)32(43)25(6)49-27)23(4)34(44)50-26(7)38(10,46)31(42)24(5)40(13)19-20/h20-33,35,41-43,45-46H,15-19H2,1-14H3/t20-,21-,22+,23-,24-,25+,26-,27+,28+,29+,30-,31-,32+,33-,35?,36-,37-,38-/m1/s1. The number of likely N-dealkylation sites (N-methyl/N-ethyl adjacent to an activating group) is 2. The maximum Gasteiger partial charge on any atom is 0.309 e. The Hall–Kier alpha value is -0.970. The minimum absolute atomic E-state index is 0.101. The largest absolute Gasteiger partial charge is 0.459 e. The number of carbonyl (C=O) groups excluding carboxylic acids is 1. The number of hydrogen-bond donors (Lipinski definition) is 5. The summed E-state index contributed by atoms with van der Waals surface area (Å²) in [4.78, 5) is 18.0. The first-order chi connectivity index (χ1) is 23.4. The fourth-order valence-corrected chi connectivity index (χ4v) is 8.97. The molecule has 3 aliphatic heterocycles. The molecule has 13 heteroatoms. The molecule has 0 bridgehead atoms. The Morgan fingerprint density at radius 1 is 0.941 bits per heavy atom. The van der Waals surface area contributed by atoms with Gasteiger partial charge in [-0.25, -0.2) is 0 Å². The van der Waals surface area contributed by atoms with Gasteiger partial charge in [0.1, 0.15) is 30.0 Å². The number of hydrogen-bond acceptors (Lipinski definition) is 13. The highest BCUT2D eigenvalue weighted by molar-refractivity contribution is 5.72. The highest BCUT2D eigenvalue weighted by atomic mass is 16.7. The predicted molar refractivity (Wildman–Crippen MR) is 193 cm³/mol. The van der Waals surface area contributed by atoms with Crippen LogP contribution in [0.1, 0.15) is 94.9 Å². The molecule has 0 aromatic rings. The molecule has 0 aliphatic carbocycles. The van der Waals surface area contributed by atoms with Crippen molar-refractivity contribution in [1.82, 2.24) is 9.80 Å². The van der Waals surface area contributed by atoms with Gasteiger partial charge in [0.2, 0.25) is 0 Å². The minimum atomic E-state index is -1.77. The summed E-state index contributed by atoms with van der Waals surface area (Å²) in [6, 6.07) is -0.753. The number of carbonyl (C=O) groups is 1. The van der Waals surface area contributed by atoms with E-state index in [9.17, 15) is 30.3 Å². The monoisotopic (exact) mass is 733 g/mol. The molecular formula is C38H72N2O11. The van der Waals surface area contributed by atoms with Crippen molar-refractivity contribution in [3.05, 3.63) is 0 Å². The van der Waals surface area contributed by atoms with Crippen LogP contribution in [0.3, 0.4) is 0 Å². The van der Waals surface area contributed by atoms with Crippen LogP contribution in [0.4, 0.5) is 0 Å². The van der Waals surface area contributed by atoms with Gasteiger partial charge >= 0.3 is 5.97 Å². The predicted octanol–water partition coefficient (Wildman–Crippen LogP) is 2.17. The molecule has 0 aromatic heterocycles. The van der Waals surface area contributed by atoms with E-state index in [1.54, 1.807) is 34.8 Å². The molecule has 0 spiro atoms. The van der Waals surface area contributed by atoms with E-state index >= 15 is 0 Å². The SMILES string of the molecule is CO[C@]1(C)C[C@H](C[C@H]2[C@H](C)[C@@H](OC3O[C@H](C)C[C@H](N(C)C)[C@H]3O)[C@](C)(O)C[C@@H](C)CN(C)[C@H](C)[C@@H](O)[C@](C)(O)[C@@H](C)OC(=O)[C@@H]2C)O[C@@H](C)[C@@H]1O. The first-order valence-electron chi connectivity index (χ1n) is 18.9. The van der Waals surface area contributed by atoms with Gasteiger partial charge < -0.3 is 59.0 Å². The summed E-state index contributed by atoms with van der Waals surface area (Å²) in [5.41, 5.74) is -4.13. The van der Waals surface area contributed by atoms with E-state index in [1.807, 2.05) is 65.6 Å². The lowest BCUT2D eigenvalue weighted by Gasteiger charge is -2.49. The summed E-state index contributed by atoms with van der Waals surface area (Å²) in [7, 11) is 7.22. The van der Waals surface area contributed by atoms with Gasteiger partial charge in [-0.2, -0.15) is 0 Å². The van der Waals surface area contributed by atoms with Crippen molar-refractivity contribution in [3.63, 3.8) is 0 Å². The average Bonchev–Trinajstić information content (AvgIpc) is 3.03. The molecule has 18 atom stereocenters. The zero-order chi connectivity index (χ0) is 39.0. The van der Waals surface area contributed by atoms with Gasteiger partial charge in [-0.05, 0) is 107 Å². The fourth-order valence-electron chi connectivity index (χ4n) is 8.97. The van der Waals surface area contributed by atoms with Crippen LogP contribution in [-0.2, 0) is 28.5 Å². The van der Waals surface area contributed by atoms with E-state index in [0.29, 0.717) is 25.8 Å². The summed E-state index contributed by atoms with van der Waals surface area (Å²) in [5, 5.41) is 57.9. The summed E-state index contributed by atoms with van der Waals surface area (Å²) in [6.07, 6.45) is -5.78. The van der Waals surface area contributed by atoms with E-state index < -0.39 is 95.6 Å². The molecule has 0 aromatic carbocycles. The van der Waals surface area contributed by atoms with E-state index in [4.69, 9.17) is 23.7 Å². The molecule has 0 radical (unpaired) electrons. The normalized spacial score (nSPS) is 50.4. The Bertz CT molecular complexity index is 1130. The number of methoxy groups -OCH3 is 1. The van der Waals surface area contributed by atoms with Crippen LogP contribution in [0.5, 0.6) is 0 Å². The van der Waals surface area contributed by atoms with Gasteiger partial charge in [0, 0.05) is 32.2 Å². The van der Waals surface area contributed by atoms with Crippen molar-refractivity contribution in [2.75, 3.05) is 34.8 Å². The third-order valence-corrected chi connectivity index (χ3v) is 12.7. The Balaban J connectivity index is 2.15. The van der Waals surface area contributed by atoms with Gasteiger partial charge in [0.15, 0.2) is 6.29 Å². The number of rotatable bonds is 6. The number of ether oxygens (including phenoxy) is 5. The Morgan fingerprint density at radius 2 is 1.55 bits per heavy atom. The molecule has 5 N–H and O–H groups in total. The second-order valence-electron chi connectivity index (χ2n) is 17.4. The van der Waals surface area contributed by atoms with Crippen LogP contribution >= 0.6 is 0 Å². The Kier molecular flexibility index (Phi) is 15.0. The van der Waals surface area contributed by atoms with E-state index in [-0.39, 0.29) is 24.5 Å². The van der Waals surface area contributed by atoms with Gasteiger partial charge in [-0.1, -0.05) is 20.8 Å². The van der Waals surface area contributed by atoms with Crippen LogP contribution in [0.25, 0.3) is 0 Å². The first kappa shape index (κ1) is 44.4. The minimum Gasteiger partial charge on any atom is -0.459 e. The Morgan fingerprint density at radius 3 is 2.12 bits per heavy atom.